The molecule has 2 aromatic carbocycles. The predicted molar refractivity (Wildman–Crippen MR) is 108 cm³/mol. The number of carbonyl (C=O) groups is 1. The lowest BCUT2D eigenvalue weighted by molar-refractivity contribution is -0.133. The zero-order valence-electron chi connectivity index (χ0n) is 15.4. The van der Waals surface area contributed by atoms with Crippen molar-refractivity contribution >= 4 is 17.5 Å². The van der Waals surface area contributed by atoms with Crippen LogP contribution in [0.5, 0.6) is 5.75 Å². The monoisotopic (exact) mass is 387 g/mol. The van der Waals surface area contributed by atoms with Crippen molar-refractivity contribution in [2.24, 2.45) is 5.73 Å². The van der Waals surface area contributed by atoms with E-state index in [0.717, 1.165) is 38.3 Å². The fourth-order valence-electron chi connectivity index (χ4n) is 3.20. The van der Waals surface area contributed by atoms with Crippen LogP contribution in [0.3, 0.4) is 0 Å². The number of piperazine rings is 1. The van der Waals surface area contributed by atoms with E-state index in [0.29, 0.717) is 23.8 Å². The van der Waals surface area contributed by atoms with Gasteiger partial charge in [-0.1, -0.05) is 54.1 Å². The van der Waals surface area contributed by atoms with Gasteiger partial charge in [0.25, 0.3) is 0 Å². The minimum absolute atomic E-state index is 0.123. The molecule has 3 rings (SSSR count). The molecule has 27 heavy (non-hydrogen) atoms. The fourth-order valence-corrected chi connectivity index (χ4v) is 3.39. The van der Waals surface area contributed by atoms with Crippen molar-refractivity contribution in [3.8, 4) is 5.75 Å². The van der Waals surface area contributed by atoms with E-state index in [-0.39, 0.29) is 11.9 Å². The predicted octanol–water partition coefficient (Wildman–Crippen LogP) is 2.95. The quantitative estimate of drug-likeness (QED) is 0.793. The van der Waals surface area contributed by atoms with Crippen LogP contribution in [-0.2, 0) is 4.79 Å². The molecule has 0 aromatic heterocycles. The molecular weight excluding hydrogens is 362 g/mol. The summed E-state index contributed by atoms with van der Waals surface area (Å²) in [5, 5.41) is 0.627. The van der Waals surface area contributed by atoms with E-state index in [1.165, 1.54) is 0 Å². The number of hydrogen-bond donors (Lipinski definition) is 1. The average molecular weight is 388 g/mol. The highest BCUT2D eigenvalue weighted by molar-refractivity contribution is 6.32. The molecule has 5 nitrogen and oxygen atoms in total. The van der Waals surface area contributed by atoms with Crippen molar-refractivity contribution in [1.82, 2.24) is 9.80 Å². The molecule has 0 radical (unpaired) electrons. The standard InChI is InChI=1S/C21H26ClN3O2/c22-18-8-4-5-9-20(18)27-15-14-24-10-12-25(13-11-24)21(26)16-19(23)17-6-2-1-3-7-17/h1-9,19H,10-16,23H2. The van der Waals surface area contributed by atoms with Gasteiger partial charge in [-0.2, -0.15) is 0 Å². The number of rotatable bonds is 7. The number of benzene rings is 2. The SMILES string of the molecule is NC(CC(=O)N1CCN(CCOc2ccccc2Cl)CC1)c1ccccc1. The van der Waals surface area contributed by atoms with Crippen LogP contribution in [0.4, 0.5) is 0 Å². The Morgan fingerprint density at radius 2 is 1.70 bits per heavy atom. The molecule has 1 aliphatic heterocycles. The first-order valence-corrected chi connectivity index (χ1v) is 9.69. The lowest BCUT2D eigenvalue weighted by atomic mass is 10.0. The number of hydrogen-bond acceptors (Lipinski definition) is 4. The second-order valence-electron chi connectivity index (χ2n) is 6.72. The highest BCUT2D eigenvalue weighted by atomic mass is 35.5. The highest BCUT2D eigenvalue weighted by Gasteiger charge is 2.22. The second kappa shape index (κ2) is 9.74. The van der Waals surface area contributed by atoms with E-state index in [4.69, 9.17) is 22.1 Å². The molecule has 0 spiro atoms. The van der Waals surface area contributed by atoms with E-state index >= 15 is 0 Å². The maximum atomic E-state index is 12.5. The number of carbonyl (C=O) groups excluding carboxylic acids is 1. The van der Waals surface area contributed by atoms with Gasteiger partial charge in [0.15, 0.2) is 0 Å². The Morgan fingerprint density at radius 1 is 1.04 bits per heavy atom. The Balaban J connectivity index is 1.38. The molecule has 1 aliphatic rings. The molecule has 2 N–H and O–H groups in total. The van der Waals surface area contributed by atoms with Gasteiger partial charge in [-0.3, -0.25) is 9.69 Å². The summed E-state index contributed by atoms with van der Waals surface area (Å²) in [6.45, 7) is 4.54. The van der Waals surface area contributed by atoms with E-state index in [1.807, 2.05) is 59.5 Å². The van der Waals surface area contributed by atoms with E-state index in [2.05, 4.69) is 4.90 Å². The number of halogens is 1. The van der Waals surface area contributed by atoms with Crippen molar-refractivity contribution in [3.05, 3.63) is 65.2 Å². The van der Waals surface area contributed by atoms with Crippen LogP contribution in [0, 0.1) is 0 Å². The van der Waals surface area contributed by atoms with Gasteiger partial charge in [0, 0.05) is 45.2 Å². The topological polar surface area (TPSA) is 58.8 Å². The van der Waals surface area contributed by atoms with Gasteiger partial charge in [-0.15, -0.1) is 0 Å². The smallest absolute Gasteiger partial charge is 0.224 e. The summed E-state index contributed by atoms with van der Waals surface area (Å²) < 4.78 is 5.74. The van der Waals surface area contributed by atoms with Crippen LogP contribution in [0.1, 0.15) is 18.0 Å². The largest absolute Gasteiger partial charge is 0.491 e. The van der Waals surface area contributed by atoms with E-state index in [1.54, 1.807) is 0 Å². The van der Waals surface area contributed by atoms with Gasteiger partial charge in [-0.25, -0.2) is 0 Å². The summed E-state index contributed by atoms with van der Waals surface area (Å²) in [6, 6.07) is 17.0. The van der Waals surface area contributed by atoms with Gasteiger partial charge < -0.3 is 15.4 Å². The van der Waals surface area contributed by atoms with Gasteiger partial charge >= 0.3 is 0 Å². The molecule has 1 amide bonds. The summed E-state index contributed by atoms with van der Waals surface area (Å²) >= 11 is 6.09. The van der Waals surface area contributed by atoms with E-state index in [9.17, 15) is 4.79 Å². The minimum atomic E-state index is -0.249. The summed E-state index contributed by atoms with van der Waals surface area (Å²) in [7, 11) is 0. The first kappa shape index (κ1) is 19.7. The van der Waals surface area contributed by atoms with Gasteiger partial charge in [0.1, 0.15) is 12.4 Å². The van der Waals surface area contributed by atoms with Gasteiger partial charge in [0.05, 0.1) is 5.02 Å². The second-order valence-corrected chi connectivity index (χ2v) is 7.13. The zero-order valence-corrected chi connectivity index (χ0v) is 16.1. The van der Waals surface area contributed by atoms with Crippen molar-refractivity contribution in [2.45, 2.75) is 12.5 Å². The first-order chi connectivity index (χ1) is 13.1. The third-order valence-corrected chi connectivity index (χ3v) is 5.16. The Labute approximate surface area is 165 Å². The molecule has 6 heteroatoms. The van der Waals surface area contributed by atoms with Crippen LogP contribution < -0.4 is 10.5 Å². The lowest BCUT2D eigenvalue weighted by Gasteiger charge is -2.35. The number of nitrogens with two attached hydrogens (primary N) is 1. The Morgan fingerprint density at radius 3 is 2.41 bits per heavy atom. The third-order valence-electron chi connectivity index (χ3n) is 4.85. The summed E-state index contributed by atoms with van der Waals surface area (Å²) in [5.74, 6) is 0.834. The number of amides is 1. The molecule has 1 saturated heterocycles. The molecule has 2 aromatic rings. The molecule has 1 atom stereocenters. The average Bonchev–Trinajstić information content (AvgIpc) is 2.70. The summed E-state index contributed by atoms with van der Waals surface area (Å²) in [6.07, 6.45) is 0.347. The van der Waals surface area contributed by atoms with E-state index < -0.39 is 0 Å². The summed E-state index contributed by atoms with van der Waals surface area (Å²) in [4.78, 5) is 16.7. The zero-order chi connectivity index (χ0) is 19.1. The summed E-state index contributed by atoms with van der Waals surface area (Å²) in [5.41, 5.74) is 7.18. The van der Waals surface area contributed by atoms with Crippen LogP contribution >= 0.6 is 11.6 Å². The molecule has 1 unspecified atom stereocenters. The maximum Gasteiger partial charge on any atom is 0.224 e. The normalized spacial score (nSPS) is 16.1. The van der Waals surface area contributed by atoms with Crippen LogP contribution in [0.25, 0.3) is 0 Å². The number of para-hydroxylation sites is 1. The van der Waals surface area contributed by atoms with Crippen LogP contribution in [-0.4, -0.2) is 55.0 Å². The lowest BCUT2D eigenvalue weighted by Crippen LogP contribution is -2.50. The van der Waals surface area contributed by atoms with Crippen molar-refractivity contribution in [3.63, 3.8) is 0 Å². The van der Waals surface area contributed by atoms with Crippen LogP contribution in [0.15, 0.2) is 54.6 Å². The first-order valence-electron chi connectivity index (χ1n) is 9.31. The Hall–Kier alpha value is -2.08. The fraction of sp³-hybridized carbons (Fsp3) is 0.381. The van der Waals surface area contributed by atoms with Crippen LogP contribution in [0.2, 0.25) is 5.02 Å². The molecule has 1 heterocycles. The van der Waals surface area contributed by atoms with Crippen molar-refractivity contribution in [2.75, 3.05) is 39.3 Å². The number of ether oxygens (including phenoxy) is 1. The molecular formula is C21H26ClN3O2. The Kier molecular flexibility index (Phi) is 7.10. The van der Waals surface area contributed by atoms with Gasteiger partial charge in [-0.05, 0) is 17.7 Å². The highest BCUT2D eigenvalue weighted by Crippen LogP contribution is 2.23. The van der Waals surface area contributed by atoms with Crippen molar-refractivity contribution < 1.29 is 9.53 Å². The Bertz CT molecular complexity index is 733. The molecule has 0 saturated carbocycles. The molecule has 0 aliphatic carbocycles. The number of nitrogens with zero attached hydrogens (tertiary/aromatic N) is 2. The molecule has 144 valence electrons. The maximum absolute atomic E-state index is 12.5. The van der Waals surface area contributed by atoms with Gasteiger partial charge in [0.2, 0.25) is 5.91 Å². The minimum Gasteiger partial charge on any atom is -0.491 e. The third kappa shape index (κ3) is 5.70. The molecule has 0 bridgehead atoms. The van der Waals surface area contributed by atoms with Crippen molar-refractivity contribution in [1.29, 1.82) is 0 Å². The molecule has 1 fully saturated rings.